The molecule has 2 aromatic carbocycles. The van der Waals surface area contributed by atoms with E-state index in [1.165, 1.54) is 21.0 Å². The van der Waals surface area contributed by atoms with Gasteiger partial charge in [-0.05, 0) is 11.1 Å². The molecule has 0 aliphatic carbocycles. The zero-order valence-corrected chi connectivity index (χ0v) is 30.7. The number of carbonyl (C=O) groups is 2. The van der Waals surface area contributed by atoms with Crippen LogP contribution < -0.4 is 10.6 Å². The highest BCUT2D eigenvalue weighted by molar-refractivity contribution is 5.73. The van der Waals surface area contributed by atoms with E-state index in [4.69, 9.17) is 37.9 Å². The highest BCUT2D eigenvalue weighted by Gasteiger charge is 2.55. The minimum Gasteiger partial charge on any atom is -0.394 e. The summed E-state index contributed by atoms with van der Waals surface area (Å²) in [6.07, 6.45) is -18.2. The molecule has 15 unspecified atom stereocenters. The topological polar surface area (TPSA) is 253 Å². The number of nitrogens with one attached hydrogen (secondary N) is 2. The molecule has 15 atom stereocenters. The predicted molar refractivity (Wildman–Crippen MR) is 187 cm³/mol. The van der Waals surface area contributed by atoms with Crippen LogP contribution in [-0.4, -0.2) is 161 Å². The van der Waals surface area contributed by atoms with Crippen LogP contribution in [0.5, 0.6) is 0 Å². The van der Waals surface area contributed by atoms with Crippen LogP contribution in [-0.2, 0) is 60.7 Å². The summed E-state index contributed by atoms with van der Waals surface area (Å²) >= 11 is 0. The third-order valence-electron chi connectivity index (χ3n) is 9.59. The Labute approximate surface area is 318 Å². The van der Waals surface area contributed by atoms with Crippen molar-refractivity contribution in [2.45, 2.75) is 119 Å². The molecule has 3 aliphatic heterocycles. The second kappa shape index (κ2) is 20.3. The van der Waals surface area contributed by atoms with Crippen molar-refractivity contribution in [1.29, 1.82) is 0 Å². The number of aliphatic hydroxyl groups is 6. The van der Waals surface area contributed by atoms with E-state index in [1.807, 2.05) is 60.7 Å². The average Bonchev–Trinajstić information content (AvgIpc) is 3.18. The van der Waals surface area contributed by atoms with Crippen LogP contribution in [0.2, 0.25) is 0 Å². The van der Waals surface area contributed by atoms with Crippen LogP contribution in [0.15, 0.2) is 60.7 Å². The molecule has 3 aliphatic rings. The van der Waals surface area contributed by atoms with E-state index in [9.17, 15) is 40.2 Å². The Hall–Kier alpha value is -3.18. The van der Waals surface area contributed by atoms with Crippen LogP contribution in [0.1, 0.15) is 25.0 Å². The maximum Gasteiger partial charge on any atom is 0.217 e. The van der Waals surface area contributed by atoms with Gasteiger partial charge in [-0.25, -0.2) is 0 Å². The normalized spacial score (nSPS) is 36.6. The van der Waals surface area contributed by atoms with Crippen LogP contribution >= 0.6 is 0 Å². The van der Waals surface area contributed by atoms with E-state index in [-0.39, 0.29) is 19.8 Å². The molecule has 2 aromatic rings. The van der Waals surface area contributed by atoms with Crippen molar-refractivity contribution in [2.75, 3.05) is 26.9 Å². The van der Waals surface area contributed by atoms with Crippen LogP contribution in [0, 0.1) is 0 Å². The highest BCUT2D eigenvalue weighted by Crippen LogP contribution is 2.35. The summed E-state index contributed by atoms with van der Waals surface area (Å²) in [5.41, 5.74) is 1.60. The molecule has 55 heavy (non-hydrogen) atoms. The molecule has 2 amide bonds. The van der Waals surface area contributed by atoms with Gasteiger partial charge in [0.15, 0.2) is 18.9 Å². The third-order valence-corrected chi connectivity index (χ3v) is 9.59. The highest BCUT2D eigenvalue weighted by atomic mass is 16.8. The second-order valence-electron chi connectivity index (χ2n) is 13.6. The Balaban J connectivity index is 1.55. The standard InChI is InChI=1S/C37H52N2O16/c1-19(42)38-26-30(46)28(44)23(14-40)51-35(26)54-32-25(18-49-16-21-10-6-4-7-11-21)53-37(48-3)34(33(32)50-17-22-12-8-5-9-13-22)55-36-27(39-20(2)43)31(47)29(45)24(15-41)52-36/h4-13,23-37,40-41,44-47H,14-18H2,1-3H3,(H,38,42)(H,39,43). The van der Waals surface area contributed by atoms with E-state index in [2.05, 4.69) is 10.6 Å². The van der Waals surface area contributed by atoms with Crippen molar-refractivity contribution in [2.24, 2.45) is 0 Å². The van der Waals surface area contributed by atoms with Gasteiger partial charge in [-0.1, -0.05) is 60.7 Å². The van der Waals surface area contributed by atoms with Gasteiger partial charge < -0.3 is 79.2 Å². The first-order valence-electron chi connectivity index (χ1n) is 18.0. The molecule has 0 spiro atoms. The minimum atomic E-state index is -1.64. The van der Waals surface area contributed by atoms with E-state index in [0.717, 1.165) is 11.1 Å². The number of methoxy groups -OCH3 is 1. The summed E-state index contributed by atoms with van der Waals surface area (Å²) in [6.45, 7) is 1.01. The summed E-state index contributed by atoms with van der Waals surface area (Å²) in [5, 5.41) is 68.6. The number of amides is 2. The fourth-order valence-corrected chi connectivity index (χ4v) is 6.82. The first kappa shape index (κ1) is 43.0. The van der Waals surface area contributed by atoms with Gasteiger partial charge >= 0.3 is 0 Å². The fraction of sp³-hybridized carbons (Fsp3) is 0.622. The molecule has 0 bridgehead atoms. The van der Waals surface area contributed by atoms with Crippen molar-refractivity contribution in [3.05, 3.63) is 71.8 Å². The van der Waals surface area contributed by atoms with Gasteiger partial charge in [-0.3, -0.25) is 9.59 Å². The third kappa shape index (κ3) is 10.8. The van der Waals surface area contributed by atoms with Gasteiger partial charge in [0.05, 0.1) is 33.0 Å². The lowest BCUT2D eigenvalue weighted by molar-refractivity contribution is -0.378. The number of hydrogen-bond acceptors (Lipinski definition) is 16. The Morgan fingerprint density at radius 2 is 1.07 bits per heavy atom. The van der Waals surface area contributed by atoms with Crippen molar-refractivity contribution in [1.82, 2.24) is 10.6 Å². The summed E-state index contributed by atoms with van der Waals surface area (Å²) in [7, 11) is 1.35. The molecule has 0 saturated carbocycles. The van der Waals surface area contributed by atoms with Crippen molar-refractivity contribution >= 4 is 11.8 Å². The predicted octanol–water partition coefficient (Wildman–Crippen LogP) is -2.18. The number of carbonyl (C=O) groups excluding carboxylic acids is 2. The van der Waals surface area contributed by atoms with E-state index >= 15 is 0 Å². The fourth-order valence-electron chi connectivity index (χ4n) is 6.82. The molecule has 3 fully saturated rings. The molecule has 0 radical (unpaired) electrons. The zero-order valence-electron chi connectivity index (χ0n) is 30.7. The maximum absolute atomic E-state index is 12.3. The van der Waals surface area contributed by atoms with Crippen LogP contribution in [0.4, 0.5) is 0 Å². The molecular weight excluding hydrogens is 728 g/mol. The van der Waals surface area contributed by atoms with Gasteiger partial charge in [0.2, 0.25) is 11.8 Å². The van der Waals surface area contributed by atoms with Crippen molar-refractivity contribution in [3.8, 4) is 0 Å². The maximum atomic E-state index is 12.3. The molecule has 8 N–H and O–H groups in total. The molecule has 3 saturated heterocycles. The smallest absolute Gasteiger partial charge is 0.217 e. The van der Waals surface area contributed by atoms with E-state index < -0.39 is 117 Å². The zero-order chi connectivity index (χ0) is 39.6. The summed E-state index contributed by atoms with van der Waals surface area (Å²) in [5.74, 6) is -1.15. The van der Waals surface area contributed by atoms with Gasteiger partial charge in [-0.15, -0.1) is 0 Å². The van der Waals surface area contributed by atoms with E-state index in [0.29, 0.717) is 0 Å². The monoisotopic (exact) mass is 780 g/mol. The number of rotatable bonds is 16. The molecular formula is C37H52N2O16. The number of hydrogen-bond donors (Lipinski definition) is 8. The Morgan fingerprint density at radius 3 is 1.53 bits per heavy atom. The van der Waals surface area contributed by atoms with Crippen molar-refractivity contribution in [3.63, 3.8) is 0 Å². The summed E-state index contributed by atoms with van der Waals surface area (Å²) in [4.78, 5) is 24.6. The summed E-state index contributed by atoms with van der Waals surface area (Å²) in [6, 6.07) is 15.7. The first-order chi connectivity index (χ1) is 26.4. The number of benzene rings is 2. The number of aliphatic hydroxyl groups excluding tert-OH is 6. The lowest BCUT2D eigenvalue weighted by Gasteiger charge is -2.50. The number of ether oxygens (including phenoxy) is 8. The van der Waals surface area contributed by atoms with Crippen LogP contribution in [0.3, 0.4) is 0 Å². The quantitative estimate of drug-likeness (QED) is 0.0902. The molecule has 306 valence electrons. The summed E-state index contributed by atoms with van der Waals surface area (Å²) < 4.78 is 49.7. The van der Waals surface area contributed by atoms with Gasteiger partial charge in [-0.2, -0.15) is 0 Å². The first-order valence-corrected chi connectivity index (χ1v) is 18.0. The molecule has 18 heteroatoms. The molecule has 18 nitrogen and oxygen atoms in total. The van der Waals surface area contributed by atoms with Gasteiger partial charge in [0, 0.05) is 21.0 Å². The SMILES string of the molecule is COC1OC(COCc2ccccc2)C(OC2OC(CO)C(O)C(O)C2NC(C)=O)C(OCc2ccccc2)C1OC1OC(CO)C(O)C(O)C1NC(C)=O. The van der Waals surface area contributed by atoms with Gasteiger partial charge in [0.1, 0.15) is 73.1 Å². The van der Waals surface area contributed by atoms with E-state index in [1.54, 1.807) is 0 Å². The average molecular weight is 781 g/mol. The largest absolute Gasteiger partial charge is 0.394 e. The second-order valence-corrected chi connectivity index (χ2v) is 13.6. The lowest BCUT2D eigenvalue weighted by Crippen LogP contribution is -2.69. The Morgan fingerprint density at radius 1 is 0.618 bits per heavy atom. The lowest BCUT2D eigenvalue weighted by atomic mass is 9.94. The Bertz CT molecular complexity index is 1480. The Kier molecular flexibility index (Phi) is 15.9. The minimum absolute atomic E-state index is 0.0260. The molecule has 3 heterocycles. The van der Waals surface area contributed by atoms with Crippen LogP contribution in [0.25, 0.3) is 0 Å². The van der Waals surface area contributed by atoms with Gasteiger partial charge in [0.25, 0.3) is 0 Å². The molecule has 0 aromatic heterocycles. The van der Waals surface area contributed by atoms with Crippen molar-refractivity contribution < 1.29 is 78.1 Å². The molecule has 5 rings (SSSR count).